The topological polar surface area (TPSA) is 116 Å². The average molecular weight is 393 g/mol. The fourth-order valence-electron chi connectivity index (χ4n) is 3.61. The number of piperidine rings is 1. The van der Waals surface area contributed by atoms with Crippen LogP contribution in [0.25, 0.3) is 0 Å². The first-order chi connectivity index (χ1) is 12.7. The number of amides is 1. The number of fused-ring (bicyclic) bond motifs is 1. The molecule has 2 N–H and O–H groups in total. The molecule has 27 heavy (non-hydrogen) atoms. The van der Waals surface area contributed by atoms with Crippen molar-refractivity contribution in [3.63, 3.8) is 0 Å². The number of likely N-dealkylation sites (tertiary alicyclic amines) is 1. The van der Waals surface area contributed by atoms with Crippen molar-refractivity contribution in [2.24, 2.45) is 16.8 Å². The van der Waals surface area contributed by atoms with Gasteiger partial charge in [-0.05, 0) is 31.4 Å². The maximum absolute atomic E-state index is 12.6. The predicted octanol–water partition coefficient (Wildman–Crippen LogP) is 1.07. The van der Waals surface area contributed by atoms with Crippen LogP contribution in [0.2, 0.25) is 0 Å². The quantitative estimate of drug-likeness (QED) is 0.794. The van der Waals surface area contributed by atoms with E-state index in [2.05, 4.69) is 9.71 Å². The van der Waals surface area contributed by atoms with Crippen LogP contribution < -0.4 is 4.72 Å². The number of carbonyl (C=O) groups is 2. The Morgan fingerprint density at radius 3 is 2.74 bits per heavy atom. The second kappa shape index (κ2) is 7.30. The molecule has 0 saturated carbocycles. The molecule has 8 nitrogen and oxygen atoms in total. The zero-order chi connectivity index (χ0) is 19.8. The number of aliphatic imine (C=N–C) groups is 1. The van der Waals surface area contributed by atoms with Gasteiger partial charge in [0.05, 0.1) is 16.9 Å². The number of carbonyl (C=O) groups excluding carboxylic acids is 1. The van der Waals surface area contributed by atoms with Gasteiger partial charge in [-0.25, -0.2) is 8.42 Å². The van der Waals surface area contributed by atoms with E-state index in [1.807, 2.05) is 6.92 Å². The predicted molar refractivity (Wildman–Crippen MR) is 98.9 cm³/mol. The van der Waals surface area contributed by atoms with Gasteiger partial charge in [0.2, 0.25) is 5.91 Å². The minimum Gasteiger partial charge on any atom is -0.481 e. The molecule has 1 aromatic rings. The van der Waals surface area contributed by atoms with E-state index in [1.54, 1.807) is 30.0 Å². The summed E-state index contributed by atoms with van der Waals surface area (Å²) >= 11 is 0. The number of hydrogen-bond acceptors (Lipinski definition) is 5. The number of benzene rings is 1. The minimum atomic E-state index is -3.61. The van der Waals surface area contributed by atoms with Crippen LogP contribution >= 0.6 is 0 Å². The van der Waals surface area contributed by atoms with Crippen LogP contribution in [0.3, 0.4) is 0 Å². The van der Waals surface area contributed by atoms with Gasteiger partial charge in [-0.1, -0.05) is 19.1 Å². The van der Waals surface area contributed by atoms with Crippen LogP contribution in [-0.2, 0) is 19.6 Å². The maximum atomic E-state index is 12.6. The number of rotatable bonds is 4. The Morgan fingerprint density at radius 2 is 2.04 bits per heavy atom. The molecule has 0 bridgehead atoms. The number of carboxylic acid groups (broad SMARTS) is 1. The summed E-state index contributed by atoms with van der Waals surface area (Å²) in [7, 11) is -3.61. The Labute approximate surface area is 158 Å². The largest absolute Gasteiger partial charge is 0.481 e. The van der Waals surface area contributed by atoms with Crippen molar-refractivity contribution >= 4 is 27.7 Å². The first-order valence-electron chi connectivity index (χ1n) is 8.88. The third kappa shape index (κ3) is 4.13. The Balaban J connectivity index is 1.71. The van der Waals surface area contributed by atoms with Gasteiger partial charge in [-0.15, -0.1) is 0 Å². The van der Waals surface area contributed by atoms with Crippen LogP contribution in [0.4, 0.5) is 0 Å². The van der Waals surface area contributed by atoms with E-state index in [0.717, 1.165) is 0 Å². The summed E-state index contributed by atoms with van der Waals surface area (Å²) in [5.41, 5.74) is 0.495. The molecule has 0 radical (unpaired) electrons. The molecule has 1 saturated heterocycles. The summed E-state index contributed by atoms with van der Waals surface area (Å²) in [5.74, 6) is -1.24. The standard InChI is InChI=1S/C18H23N3O5S/c1-11-7-13(18(23)24)10-21(9-11)16(22)8-12(2)19-17-14-5-3-4-6-15(14)27(25,26)20-17/h3-6,11-13H,7-10H2,1-2H3,(H,19,20)(H,23,24). The van der Waals surface area contributed by atoms with Gasteiger partial charge in [-0.3, -0.25) is 19.3 Å². The van der Waals surface area contributed by atoms with Crippen molar-refractivity contribution < 1.29 is 23.1 Å². The lowest BCUT2D eigenvalue weighted by molar-refractivity contribution is -0.146. The van der Waals surface area contributed by atoms with Crippen molar-refractivity contribution in [3.05, 3.63) is 29.8 Å². The van der Waals surface area contributed by atoms with Gasteiger partial charge in [0.15, 0.2) is 0 Å². The van der Waals surface area contributed by atoms with Gasteiger partial charge < -0.3 is 10.0 Å². The molecule has 1 fully saturated rings. The van der Waals surface area contributed by atoms with Crippen LogP contribution in [0.1, 0.15) is 32.3 Å². The number of hydrogen-bond donors (Lipinski definition) is 2. The maximum Gasteiger partial charge on any atom is 0.308 e. The van der Waals surface area contributed by atoms with E-state index in [9.17, 15) is 23.1 Å². The summed E-state index contributed by atoms with van der Waals surface area (Å²) in [5, 5.41) is 9.24. The molecule has 0 spiro atoms. The summed E-state index contributed by atoms with van der Waals surface area (Å²) in [6, 6.07) is 6.11. The van der Waals surface area contributed by atoms with E-state index >= 15 is 0 Å². The lowest BCUT2D eigenvalue weighted by Gasteiger charge is -2.35. The Kier molecular flexibility index (Phi) is 5.23. The lowest BCUT2D eigenvalue weighted by atomic mass is 9.90. The number of amidine groups is 1. The fourth-order valence-corrected chi connectivity index (χ4v) is 4.85. The molecule has 1 aromatic carbocycles. The van der Waals surface area contributed by atoms with E-state index in [1.165, 1.54) is 6.07 Å². The molecule has 146 valence electrons. The van der Waals surface area contributed by atoms with E-state index < -0.39 is 28.0 Å². The zero-order valence-electron chi connectivity index (χ0n) is 15.3. The number of nitrogens with zero attached hydrogens (tertiary/aromatic N) is 2. The monoisotopic (exact) mass is 393 g/mol. The molecule has 9 heteroatoms. The first kappa shape index (κ1) is 19.3. The SMILES string of the molecule is CC1CC(C(=O)O)CN(C(=O)CC(C)N=C2NS(=O)(=O)c3ccccc32)C1. The molecular formula is C18H23N3O5S. The summed E-state index contributed by atoms with van der Waals surface area (Å²) in [6.07, 6.45) is 0.655. The number of aliphatic carboxylic acids is 1. The Hall–Kier alpha value is -2.42. The normalized spacial score (nSPS) is 26.3. The van der Waals surface area contributed by atoms with Gasteiger partial charge >= 0.3 is 5.97 Å². The average Bonchev–Trinajstić information content (AvgIpc) is 2.85. The summed E-state index contributed by atoms with van der Waals surface area (Å²) in [4.78, 5) is 30.0. The molecule has 2 aliphatic heterocycles. The van der Waals surface area contributed by atoms with Gasteiger partial charge in [0.25, 0.3) is 10.0 Å². The van der Waals surface area contributed by atoms with E-state index in [0.29, 0.717) is 18.5 Å². The van der Waals surface area contributed by atoms with Gasteiger partial charge in [0.1, 0.15) is 5.84 Å². The third-order valence-electron chi connectivity index (χ3n) is 4.84. The molecule has 0 aliphatic carbocycles. The number of nitrogens with one attached hydrogen (secondary N) is 1. The molecule has 3 unspecified atom stereocenters. The highest BCUT2D eigenvalue weighted by Crippen LogP contribution is 2.24. The van der Waals surface area contributed by atoms with Gasteiger partial charge in [-0.2, -0.15) is 0 Å². The van der Waals surface area contributed by atoms with Crippen LogP contribution in [0.5, 0.6) is 0 Å². The third-order valence-corrected chi connectivity index (χ3v) is 6.24. The van der Waals surface area contributed by atoms with Crippen molar-refractivity contribution in [2.45, 2.75) is 37.6 Å². The highest BCUT2D eigenvalue weighted by molar-refractivity contribution is 7.90. The zero-order valence-corrected chi connectivity index (χ0v) is 16.1. The smallest absolute Gasteiger partial charge is 0.308 e. The molecule has 0 aromatic heterocycles. The van der Waals surface area contributed by atoms with Crippen LogP contribution in [-0.4, -0.2) is 55.3 Å². The number of carboxylic acids is 1. The Bertz CT molecular complexity index is 896. The lowest BCUT2D eigenvalue weighted by Crippen LogP contribution is -2.46. The molecule has 3 atom stereocenters. The highest BCUT2D eigenvalue weighted by Gasteiger charge is 2.33. The molecule has 3 rings (SSSR count). The second-order valence-corrected chi connectivity index (χ2v) is 8.96. The first-order valence-corrected chi connectivity index (χ1v) is 10.4. The van der Waals surface area contributed by atoms with E-state index in [4.69, 9.17) is 0 Å². The Morgan fingerprint density at radius 1 is 1.33 bits per heavy atom. The van der Waals surface area contributed by atoms with Crippen molar-refractivity contribution in [2.75, 3.05) is 13.1 Å². The van der Waals surface area contributed by atoms with Crippen molar-refractivity contribution in [1.82, 2.24) is 9.62 Å². The van der Waals surface area contributed by atoms with Crippen LogP contribution in [0, 0.1) is 11.8 Å². The highest BCUT2D eigenvalue weighted by atomic mass is 32.2. The number of sulfonamides is 1. The molecule has 1 amide bonds. The van der Waals surface area contributed by atoms with Crippen molar-refractivity contribution in [1.29, 1.82) is 0 Å². The fraction of sp³-hybridized carbons (Fsp3) is 0.500. The van der Waals surface area contributed by atoms with Crippen molar-refractivity contribution in [3.8, 4) is 0 Å². The molecular weight excluding hydrogens is 370 g/mol. The van der Waals surface area contributed by atoms with Crippen LogP contribution in [0.15, 0.2) is 34.2 Å². The molecule has 2 heterocycles. The van der Waals surface area contributed by atoms with E-state index in [-0.39, 0.29) is 35.5 Å². The van der Waals surface area contributed by atoms with Gasteiger partial charge in [0, 0.05) is 25.1 Å². The summed E-state index contributed by atoms with van der Waals surface area (Å²) < 4.78 is 26.7. The second-order valence-electron chi connectivity index (χ2n) is 7.31. The molecule has 2 aliphatic rings. The summed E-state index contributed by atoms with van der Waals surface area (Å²) in [6.45, 7) is 4.41. The minimum absolute atomic E-state index is 0.0897.